The van der Waals surface area contributed by atoms with Gasteiger partial charge in [-0.2, -0.15) is 0 Å². The van der Waals surface area contributed by atoms with Crippen LogP contribution in [0.4, 0.5) is 4.79 Å². The van der Waals surface area contributed by atoms with Crippen molar-refractivity contribution in [1.29, 1.82) is 0 Å². The molecule has 4 rings (SSSR count). The zero-order valence-corrected chi connectivity index (χ0v) is 19.4. The Balaban J connectivity index is 1.35. The van der Waals surface area contributed by atoms with E-state index in [9.17, 15) is 13.2 Å². The Hall–Kier alpha value is -3.56. The molecule has 0 spiro atoms. The number of amides is 1. The number of nitrogens with one attached hydrogen (secondary N) is 1. The molecule has 0 aliphatic heterocycles. The molecule has 0 saturated heterocycles. The number of hydrogen-bond donors (Lipinski definition) is 1. The first-order chi connectivity index (χ1) is 15.9. The lowest BCUT2D eigenvalue weighted by Gasteiger charge is -2.14. The first-order valence-electron chi connectivity index (χ1n) is 10.8. The van der Waals surface area contributed by atoms with Gasteiger partial charge >= 0.3 is 6.09 Å². The van der Waals surface area contributed by atoms with Crippen molar-refractivity contribution in [1.82, 2.24) is 5.32 Å². The zero-order valence-electron chi connectivity index (χ0n) is 18.5. The maximum Gasteiger partial charge on any atom is 0.407 e. The lowest BCUT2D eigenvalue weighted by atomic mass is 9.98. The van der Waals surface area contributed by atoms with Gasteiger partial charge in [-0.05, 0) is 54.3 Å². The highest BCUT2D eigenvalue weighted by Crippen LogP contribution is 2.44. The summed E-state index contributed by atoms with van der Waals surface area (Å²) < 4.78 is 30.1. The number of hydrogen-bond acceptors (Lipinski definition) is 4. The minimum Gasteiger partial charge on any atom is -0.449 e. The van der Waals surface area contributed by atoms with Crippen molar-refractivity contribution in [3.63, 3.8) is 0 Å². The number of sulfone groups is 1. The highest BCUT2D eigenvalue weighted by molar-refractivity contribution is 7.92. The monoisotopic (exact) mass is 459 g/mol. The smallest absolute Gasteiger partial charge is 0.407 e. The minimum absolute atomic E-state index is 0.000111. The van der Waals surface area contributed by atoms with E-state index < -0.39 is 21.2 Å². The van der Waals surface area contributed by atoms with Gasteiger partial charge in [-0.1, -0.05) is 66.4 Å². The van der Waals surface area contributed by atoms with Crippen molar-refractivity contribution in [2.24, 2.45) is 0 Å². The van der Waals surface area contributed by atoms with E-state index in [0.29, 0.717) is 5.56 Å². The van der Waals surface area contributed by atoms with Crippen molar-refractivity contribution in [3.05, 3.63) is 89.5 Å². The van der Waals surface area contributed by atoms with Crippen molar-refractivity contribution in [2.75, 3.05) is 13.2 Å². The summed E-state index contributed by atoms with van der Waals surface area (Å²) in [6, 6.07) is 22.8. The molecule has 3 aromatic carbocycles. The van der Waals surface area contributed by atoms with Gasteiger partial charge < -0.3 is 10.1 Å². The summed E-state index contributed by atoms with van der Waals surface area (Å²) in [6.45, 7) is 3.62. The SMILES string of the molecule is CC(C)S(=O)(=O)c1cccc(C#CCNC(=O)OCC2c3ccccc3-c3ccccc32)c1. The topological polar surface area (TPSA) is 72.5 Å². The number of carbonyl (C=O) groups excluding carboxylic acids is 1. The summed E-state index contributed by atoms with van der Waals surface area (Å²) in [5.74, 6) is 5.73. The van der Waals surface area contributed by atoms with Crippen LogP contribution in [0.1, 0.15) is 36.5 Å². The summed E-state index contributed by atoms with van der Waals surface area (Å²) in [6.07, 6.45) is -0.540. The van der Waals surface area contributed by atoms with E-state index in [1.165, 1.54) is 11.1 Å². The van der Waals surface area contributed by atoms with Crippen LogP contribution in [0.5, 0.6) is 0 Å². The molecule has 0 unspecified atom stereocenters. The second kappa shape index (κ2) is 9.51. The molecule has 1 N–H and O–H groups in total. The summed E-state index contributed by atoms with van der Waals surface area (Å²) >= 11 is 0. The van der Waals surface area contributed by atoms with Gasteiger partial charge in [0.25, 0.3) is 0 Å². The predicted octanol–water partition coefficient (Wildman–Crippen LogP) is 4.76. The molecule has 168 valence electrons. The van der Waals surface area contributed by atoms with Crippen LogP contribution in [0, 0.1) is 11.8 Å². The first-order valence-corrected chi connectivity index (χ1v) is 12.3. The van der Waals surface area contributed by atoms with Crippen molar-refractivity contribution in [3.8, 4) is 23.0 Å². The van der Waals surface area contributed by atoms with Crippen LogP contribution >= 0.6 is 0 Å². The lowest BCUT2D eigenvalue weighted by molar-refractivity contribution is 0.144. The van der Waals surface area contributed by atoms with Gasteiger partial charge in [0.15, 0.2) is 9.84 Å². The number of ether oxygens (including phenoxy) is 1. The third-order valence-electron chi connectivity index (χ3n) is 5.68. The van der Waals surface area contributed by atoms with E-state index in [1.807, 2.05) is 24.3 Å². The quantitative estimate of drug-likeness (QED) is 0.559. The maximum absolute atomic E-state index is 12.3. The van der Waals surface area contributed by atoms with E-state index in [1.54, 1.807) is 38.1 Å². The zero-order chi connectivity index (χ0) is 23.4. The molecule has 1 aliphatic carbocycles. The summed E-state index contributed by atoms with van der Waals surface area (Å²) in [4.78, 5) is 12.5. The number of carbonyl (C=O) groups is 1. The Morgan fingerprint density at radius 1 is 0.970 bits per heavy atom. The summed E-state index contributed by atoms with van der Waals surface area (Å²) in [7, 11) is -3.36. The fourth-order valence-electron chi connectivity index (χ4n) is 3.94. The number of benzene rings is 3. The van der Waals surface area contributed by atoms with Crippen LogP contribution < -0.4 is 5.32 Å². The summed E-state index contributed by atoms with van der Waals surface area (Å²) in [5.41, 5.74) is 5.24. The Morgan fingerprint density at radius 2 is 1.61 bits per heavy atom. The Labute approximate surface area is 194 Å². The average molecular weight is 460 g/mol. The van der Waals surface area contributed by atoms with Crippen LogP contribution in [0.3, 0.4) is 0 Å². The molecule has 1 aliphatic rings. The third kappa shape index (κ3) is 4.79. The highest BCUT2D eigenvalue weighted by Gasteiger charge is 2.28. The summed E-state index contributed by atoms with van der Waals surface area (Å²) in [5, 5.41) is 2.13. The van der Waals surface area contributed by atoms with Crippen molar-refractivity contribution < 1.29 is 17.9 Å². The molecule has 33 heavy (non-hydrogen) atoms. The van der Waals surface area contributed by atoms with Crippen LogP contribution in [0.25, 0.3) is 11.1 Å². The Bertz CT molecular complexity index is 1300. The molecule has 0 aromatic heterocycles. The maximum atomic E-state index is 12.3. The van der Waals surface area contributed by atoms with Gasteiger partial charge in [0.1, 0.15) is 6.61 Å². The fraction of sp³-hybridized carbons (Fsp3) is 0.222. The lowest BCUT2D eigenvalue weighted by Crippen LogP contribution is -2.26. The van der Waals surface area contributed by atoms with Crippen molar-refractivity contribution >= 4 is 15.9 Å². The first kappa shape index (κ1) is 22.6. The Morgan fingerprint density at radius 3 is 2.24 bits per heavy atom. The van der Waals surface area contributed by atoms with Crippen LogP contribution in [0.2, 0.25) is 0 Å². The predicted molar refractivity (Wildman–Crippen MR) is 129 cm³/mol. The molecule has 0 bridgehead atoms. The molecule has 3 aromatic rings. The number of rotatable bonds is 5. The molecular formula is C27H25NO4S. The fourth-order valence-corrected chi connectivity index (χ4v) is 5.04. The second-order valence-electron chi connectivity index (χ2n) is 8.10. The van der Waals surface area contributed by atoms with Gasteiger partial charge in [-0.3, -0.25) is 0 Å². The molecule has 0 radical (unpaired) electrons. The van der Waals surface area contributed by atoms with E-state index >= 15 is 0 Å². The van der Waals surface area contributed by atoms with Gasteiger partial charge in [0, 0.05) is 11.5 Å². The van der Waals surface area contributed by atoms with Crippen LogP contribution in [-0.2, 0) is 14.6 Å². The standard InChI is InChI=1S/C27H25NO4S/c1-19(2)33(30,31)21-11-7-9-20(17-21)10-8-16-28-27(29)32-18-26-24-14-5-3-12-22(24)23-13-4-6-15-25(23)26/h3-7,9,11-15,17,19,26H,16,18H2,1-2H3,(H,28,29). The van der Waals surface area contributed by atoms with Gasteiger partial charge in [0.2, 0.25) is 0 Å². The van der Waals surface area contributed by atoms with Gasteiger partial charge in [0.05, 0.1) is 16.7 Å². The molecule has 1 amide bonds. The highest BCUT2D eigenvalue weighted by atomic mass is 32.2. The van der Waals surface area contributed by atoms with E-state index in [0.717, 1.165) is 11.1 Å². The normalized spacial score (nSPS) is 12.5. The number of fused-ring (bicyclic) bond motifs is 3. The third-order valence-corrected chi connectivity index (χ3v) is 7.83. The molecule has 0 atom stereocenters. The van der Waals surface area contributed by atoms with E-state index in [-0.39, 0.29) is 24.0 Å². The van der Waals surface area contributed by atoms with Crippen LogP contribution in [-0.4, -0.2) is 32.9 Å². The molecule has 0 heterocycles. The molecular weight excluding hydrogens is 434 g/mol. The van der Waals surface area contributed by atoms with E-state index in [4.69, 9.17) is 4.74 Å². The molecule has 6 heteroatoms. The van der Waals surface area contributed by atoms with Gasteiger partial charge in [-0.15, -0.1) is 0 Å². The Kier molecular flexibility index (Phi) is 6.52. The minimum atomic E-state index is -3.36. The van der Waals surface area contributed by atoms with Crippen LogP contribution in [0.15, 0.2) is 77.7 Å². The van der Waals surface area contributed by atoms with Gasteiger partial charge in [-0.25, -0.2) is 13.2 Å². The molecule has 0 saturated carbocycles. The van der Waals surface area contributed by atoms with E-state index in [2.05, 4.69) is 41.4 Å². The molecule has 5 nitrogen and oxygen atoms in total. The number of alkyl carbamates (subject to hydrolysis) is 1. The largest absolute Gasteiger partial charge is 0.449 e. The second-order valence-corrected chi connectivity index (χ2v) is 10.6. The van der Waals surface area contributed by atoms with Crippen molar-refractivity contribution in [2.45, 2.75) is 29.9 Å². The average Bonchev–Trinajstić information content (AvgIpc) is 3.14. The molecule has 0 fully saturated rings.